The van der Waals surface area contributed by atoms with E-state index >= 15 is 0 Å². The Morgan fingerprint density at radius 2 is 2.17 bits per heavy atom. The Kier molecular flexibility index (Phi) is 8.94. The highest BCUT2D eigenvalue weighted by Gasteiger charge is 2.36. The normalized spacial score (nSPS) is 23.9. The van der Waals surface area contributed by atoms with Gasteiger partial charge in [0, 0.05) is 18.7 Å². The summed E-state index contributed by atoms with van der Waals surface area (Å²) in [6.45, 7) is 7.78. The van der Waals surface area contributed by atoms with E-state index in [1.807, 2.05) is 6.92 Å². The summed E-state index contributed by atoms with van der Waals surface area (Å²) in [7, 11) is -1.38. The van der Waals surface area contributed by atoms with Gasteiger partial charge in [0.2, 0.25) is 0 Å². The smallest absolute Gasteiger partial charge is 0.330 e. The Morgan fingerprint density at radius 1 is 1.45 bits per heavy atom. The number of rotatable bonds is 10. The second-order valence-corrected chi connectivity index (χ2v) is 8.31. The zero-order valence-corrected chi connectivity index (χ0v) is 17.8. The number of carbonyl (C=O) groups excluding carboxylic acids is 1. The maximum absolute atomic E-state index is 12.0. The van der Waals surface area contributed by atoms with Gasteiger partial charge in [-0.3, -0.25) is 24.2 Å². The molecule has 2 rings (SSSR count). The van der Waals surface area contributed by atoms with Crippen molar-refractivity contribution in [2.45, 2.75) is 64.7 Å². The van der Waals surface area contributed by atoms with Crippen molar-refractivity contribution in [3.8, 4) is 0 Å². The fourth-order valence-electron chi connectivity index (χ4n) is 2.67. The molecule has 29 heavy (non-hydrogen) atoms. The van der Waals surface area contributed by atoms with Gasteiger partial charge in [0.05, 0.1) is 18.8 Å². The van der Waals surface area contributed by atoms with Crippen LogP contribution in [0.25, 0.3) is 0 Å². The minimum absolute atomic E-state index is 0.0490. The topological polar surface area (TPSA) is 144 Å². The van der Waals surface area contributed by atoms with E-state index in [1.54, 1.807) is 20.8 Å². The molecule has 5 atom stereocenters. The number of H-pyrrole nitrogens is 1. The van der Waals surface area contributed by atoms with Gasteiger partial charge in [0.25, 0.3) is 5.56 Å². The number of hydrogen-bond acceptors (Lipinski definition) is 9. The quantitative estimate of drug-likeness (QED) is 0.296. The molecule has 1 fully saturated rings. The molecule has 0 aliphatic carbocycles. The number of aromatic nitrogens is 2. The standard InChI is InChI=1S/C17H29N4O7P/c1-5-18-29(20-11(4)16(24)27-10(2)3)26-9-13-12(22)8-15(28-13)21-7-6-14(23)19-17(21)25/h6-7,10-13,15,18,20,22H,5,8-9H2,1-4H3,(H,19,23,25). The van der Waals surface area contributed by atoms with E-state index in [-0.39, 0.29) is 25.1 Å². The molecule has 0 saturated carbocycles. The van der Waals surface area contributed by atoms with Gasteiger partial charge < -0.3 is 19.1 Å². The number of aliphatic hydroxyl groups excluding tert-OH is 1. The lowest BCUT2D eigenvalue weighted by Gasteiger charge is -2.24. The predicted molar refractivity (Wildman–Crippen MR) is 106 cm³/mol. The molecule has 1 saturated heterocycles. The first-order chi connectivity index (χ1) is 13.7. The van der Waals surface area contributed by atoms with Crippen molar-refractivity contribution < 1.29 is 23.9 Å². The molecule has 0 radical (unpaired) electrons. The van der Waals surface area contributed by atoms with E-state index < -0.39 is 44.2 Å². The van der Waals surface area contributed by atoms with Crippen molar-refractivity contribution in [2.75, 3.05) is 13.2 Å². The van der Waals surface area contributed by atoms with Crippen LogP contribution < -0.4 is 21.4 Å². The SMILES string of the molecule is CCNP(NC(C)C(=O)OC(C)C)OCC1OC(n2ccc(=O)[nH]c2=O)CC1O. The molecule has 1 aromatic heterocycles. The molecule has 0 spiro atoms. The van der Waals surface area contributed by atoms with Gasteiger partial charge in [-0.1, -0.05) is 6.92 Å². The summed E-state index contributed by atoms with van der Waals surface area (Å²) in [6, 6.07) is 0.636. The van der Waals surface area contributed by atoms with Crippen molar-refractivity contribution in [2.24, 2.45) is 0 Å². The Morgan fingerprint density at radius 3 is 2.79 bits per heavy atom. The van der Waals surface area contributed by atoms with Crippen LogP contribution in [0.1, 0.15) is 40.3 Å². The summed E-state index contributed by atoms with van der Waals surface area (Å²) in [5.41, 5.74) is -1.11. The van der Waals surface area contributed by atoms with Crippen LogP contribution in [0.5, 0.6) is 0 Å². The molecule has 164 valence electrons. The highest BCUT2D eigenvalue weighted by molar-refractivity contribution is 7.48. The van der Waals surface area contributed by atoms with E-state index in [0.29, 0.717) is 6.54 Å². The minimum Gasteiger partial charge on any atom is -0.462 e. The maximum atomic E-state index is 12.0. The summed E-state index contributed by atoms with van der Waals surface area (Å²) in [5.74, 6) is -0.385. The third kappa shape index (κ3) is 6.98. The van der Waals surface area contributed by atoms with Gasteiger partial charge in [0.15, 0.2) is 8.45 Å². The lowest BCUT2D eigenvalue weighted by atomic mass is 10.2. The molecule has 0 bridgehead atoms. The molecule has 4 N–H and O–H groups in total. The molecular weight excluding hydrogens is 403 g/mol. The van der Waals surface area contributed by atoms with Gasteiger partial charge in [0.1, 0.15) is 18.4 Å². The summed E-state index contributed by atoms with van der Waals surface area (Å²) < 4.78 is 17.9. The zero-order valence-electron chi connectivity index (χ0n) is 17.0. The number of esters is 1. The summed E-state index contributed by atoms with van der Waals surface area (Å²) in [5, 5.41) is 16.4. The van der Waals surface area contributed by atoms with Crippen LogP contribution in [0.4, 0.5) is 0 Å². The molecule has 2 heterocycles. The maximum Gasteiger partial charge on any atom is 0.330 e. The molecule has 0 aromatic carbocycles. The highest BCUT2D eigenvalue weighted by atomic mass is 31.2. The van der Waals surface area contributed by atoms with Crippen LogP contribution >= 0.6 is 8.45 Å². The number of nitrogens with one attached hydrogen (secondary N) is 3. The molecule has 12 heteroatoms. The van der Waals surface area contributed by atoms with Crippen LogP contribution in [0.2, 0.25) is 0 Å². The summed E-state index contributed by atoms with van der Waals surface area (Å²) >= 11 is 0. The van der Waals surface area contributed by atoms with Crippen molar-refractivity contribution >= 4 is 14.4 Å². The van der Waals surface area contributed by atoms with Gasteiger partial charge in [-0.05, 0) is 27.3 Å². The summed E-state index contributed by atoms with van der Waals surface area (Å²) in [4.78, 5) is 37.2. The van der Waals surface area contributed by atoms with E-state index in [1.165, 1.54) is 16.8 Å². The first kappa shape index (κ1) is 23.7. The molecule has 5 unspecified atom stereocenters. The Balaban J connectivity index is 1.92. The third-order valence-corrected chi connectivity index (χ3v) is 5.68. The fraction of sp³-hybridized carbons (Fsp3) is 0.706. The second kappa shape index (κ2) is 11.0. The zero-order chi connectivity index (χ0) is 21.6. The van der Waals surface area contributed by atoms with Gasteiger partial charge in [-0.2, -0.15) is 0 Å². The number of hydrogen-bond donors (Lipinski definition) is 4. The Hall–Kier alpha value is -1.62. The number of carbonyl (C=O) groups is 1. The third-order valence-electron chi connectivity index (χ3n) is 4.05. The lowest BCUT2D eigenvalue weighted by Crippen LogP contribution is -2.37. The van der Waals surface area contributed by atoms with Crippen molar-refractivity contribution in [1.82, 2.24) is 19.7 Å². The molecule has 1 aliphatic rings. The van der Waals surface area contributed by atoms with Crippen molar-refractivity contribution in [3.05, 3.63) is 33.1 Å². The number of aliphatic hydroxyl groups is 1. The van der Waals surface area contributed by atoms with Crippen LogP contribution in [-0.2, 0) is 18.8 Å². The summed E-state index contributed by atoms with van der Waals surface area (Å²) in [6.07, 6.45) is -0.919. The average Bonchev–Trinajstić information content (AvgIpc) is 2.99. The minimum atomic E-state index is -1.38. The molecule has 0 amide bonds. The van der Waals surface area contributed by atoms with Gasteiger partial charge in [-0.25, -0.2) is 9.88 Å². The van der Waals surface area contributed by atoms with E-state index in [9.17, 15) is 19.5 Å². The number of nitrogens with zero attached hydrogens (tertiary/aromatic N) is 1. The Labute approximate surface area is 169 Å². The lowest BCUT2D eigenvalue weighted by molar-refractivity contribution is -0.149. The molecule has 1 aliphatic heterocycles. The monoisotopic (exact) mass is 432 g/mol. The van der Waals surface area contributed by atoms with Crippen LogP contribution in [0, 0.1) is 0 Å². The van der Waals surface area contributed by atoms with E-state index in [4.69, 9.17) is 14.0 Å². The first-order valence-electron chi connectivity index (χ1n) is 9.49. The highest BCUT2D eigenvalue weighted by Crippen LogP contribution is 2.32. The predicted octanol–water partition coefficient (Wildman–Crippen LogP) is -0.0323. The van der Waals surface area contributed by atoms with Gasteiger partial charge in [-0.15, -0.1) is 0 Å². The van der Waals surface area contributed by atoms with Crippen LogP contribution in [0.3, 0.4) is 0 Å². The number of ether oxygens (including phenoxy) is 2. The Bertz CT molecular complexity index is 784. The average molecular weight is 432 g/mol. The number of aromatic amines is 1. The first-order valence-corrected chi connectivity index (χ1v) is 10.7. The molecular formula is C17H29N4O7P. The van der Waals surface area contributed by atoms with E-state index in [0.717, 1.165) is 0 Å². The largest absolute Gasteiger partial charge is 0.462 e. The molecule has 11 nitrogen and oxygen atoms in total. The molecule has 1 aromatic rings. The van der Waals surface area contributed by atoms with Gasteiger partial charge >= 0.3 is 11.7 Å². The second-order valence-electron chi connectivity index (χ2n) is 6.89. The van der Waals surface area contributed by atoms with Crippen LogP contribution in [0.15, 0.2) is 21.9 Å². The van der Waals surface area contributed by atoms with E-state index in [2.05, 4.69) is 15.2 Å². The van der Waals surface area contributed by atoms with Crippen molar-refractivity contribution in [1.29, 1.82) is 0 Å². The van der Waals surface area contributed by atoms with Crippen molar-refractivity contribution in [3.63, 3.8) is 0 Å². The van der Waals surface area contributed by atoms with Crippen LogP contribution in [-0.4, -0.2) is 58.1 Å². The fourth-order valence-corrected chi connectivity index (χ4v) is 3.97.